The molecule has 4 atom stereocenters. The van der Waals surface area contributed by atoms with Crippen molar-refractivity contribution >= 4 is 53.8 Å². The second-order valence-electron chi connectivity index (χ2n) is 10.9. The topological polar surface area (TPSA) is 303 Å². The molecule has 0 saturated carbocycles. The van der Waals surface area contributed by atoms with E-state index < -0.39 is 65.9 Å². The zero-order chi connectivity index (χ0) is 34.6. The summed E-state index contributed by atoms with van der Waals surface area (Å²) in [4.78, 5) is 98.3. The number of amides is 4. The fraction of sp³-hybridized carbons (Fsp3) is 0.519. The summed E-state index contributed by atoms with van der Waals surface area (Å²) in [6, 6.07) is -3.58. The van der Waals surface area contributed by atoms with Crippen molar-refractivity contribution in [3.8, 4) is 0 Å². The average Bonchev–Trinajstić information content (AvgIpc) is 3.66. The number of carbonyl (C=O) groups excluding carboxylic acids is 5. The fourth-order valence-corrected chi connectivity index (χ4v) is 4.18. The number of hydrogen-bond donors (Lipinski definition) is 10. The molecule has 2 aromatic rings. The Balaban J connectivity index is 0.0000110. The van der Waals surface area contributed by atoms with Crippen molar-refractivity contribution in [2.45, 2.75) is 64.7 Å². The summed E-state index contributed by atoms with van der Waals surface area (Å²) in [7, 11) is 0. The van der Waals surface area contributed by atoms with Gasteiger partial charge in [-0.3, -0.25) is 28.8 Å². The van der Waals surface area contributed by atoms with Crippen LogP contribution in [0.1, 0.15) is 82.5 Å². The first-order valence-electron chi connectivity index (χ1n) is 14.3. The SMILES string of the molecule is CC(C)C[C@@H](CN)NC(=O)c1nc[nH]c1C(=O)N[C@@H](C)C(=O)CNC[C@H](C)NC(=O)c1nc[nH]c1C(=O)N[C@@H](CC(=O)O)C(=O)O.Cl. The molecule has 0 unspecified atom stereocenters. The molecule has 0 spiro atoms. The number of ketones is 1. The highest BCUT2D eigenvalue weighted by Gasteiger charge is 2.28. The molecule has 0 aliphatic rings. The predicted molar refractivity (Wildman–Crippen MR) is 167 cm³/mol. The molecule has 19 nitrogen and oxygen atoms in total. The molecule has 20 heteroatoms. The van der Waals surface area contributed by atoms with Crippen LogP contribution >= 0.6 is 12.4 Å². The monoisotopic (exact) mass is 684 g/mol. The van der Waals surface area contributed by atoms with Gasteiger partial charge in [0.25, 0.3) is 23.6 Å². The van der Waals surface area contributed by atoms with Gasteiger partial charge in [0.1, 0.15) is 17.4 Å². The van der Waals surface area contributed by atoms with Crippen LogP contribution in [0.5, 0.6) is 0 Å². The first-order valence-corrected chi connectivity index (χ1v) is 14.3. The van der Waals surface area contributed by atoms with Crippen molar-refractivity contribution in [1.29, 1.82) is 0 Å². The highest BCUT2D eigenvalue weighted by atomic mass is 35.5. The summed E-state index contributed by atoms with van der Waals surface area (Å²) in [5.41, 5.74) is 4.75. The van der Waals surface area contributed by atoms with Gasteiger partial charge in [-0.1, -0.05) is 13.8 Å². The number of carbonyl (C=O) groups is 7. The van der Waals surface area contributed by atoms with Crippen LogP contribution in [0.4, 0.5) is 0 Å². The van der Waals surface area contributed by atoms with Gasteiger partial charge < -0.3 is 52.5 Å². The number of nitrogens with zero attached hydrogens (tertiary/aromatic N) is 2. The third-order valence-electron chi connectivity index (χ3n) is 6.48. The van der Waals surface area contributed by atoms with Crippen molar-refractivity contribution in [2.75, 3.05) is 19.6 Å². The highest BCUT2D eigenvalue weighted by Crippen LogP contribution is 2.08. The minimum absolute atomic E-state index is 0. The van der Waals surface area contributed by atoms with Crippen LogP contribution in [0, 0.1) is 5.92 Å². The van der Waals surface area contributed by atoms with E-state index in [0.29, 0.717) is 6.42 Å². The lowest BCUT2D eigenvalue weighted by molar-refractivity contribution is -0.145. The Labute approximate surface area is 275 Å². The van der Waals surface area contributed by atoms with E-state index in [1.54, 1.807) is 6.92 Å². The molecule has 11 N–H and O–H groups in total. The number of H-pyrrole nitrogens is 2. The van der Waals surface area contributed by atoms with Crippen LogP contribution in [-0.2, 0) is 14.4 Å². The van der Waals surface area contributed by atoms with E-state index in [0.717, 1.165) is 6.33 Å². The molecule has 0 saturated heterocycles. The quantitative estimate of drug-likeness (QED) is 0.0799. The molecule has 0 fully saturated rings. The van der Waals surface area contributed by atoms with Crippen LogP contribution in [0.3, 0.4) is 0 Å². The van der Waals surface area contributed by atoms with Crippen molar-refractivity contribution in [3.63, 3.8) is 0 Å². The maximum Gasteiger partial charge on any atom is 0.326 e. The zero-order valence-corrected chi connectivity index (χ0v) is 27.0. The Morgan fingerprint density at radius 2 is 1.34 bits per heavy atom. The molecular formula is C27H41ClN10O9. The van der Waals surface area contributed by atoms with Crippen molar-refractivity contribution in [2.24, 2.45) is 11.7 Å². The maximum atomic E-state index is 12.8. The molecule has 0 bridgehead atoms. The number of aromatic nitrogens is 4. The van der Waals surface area contributed by atoms with Gasteiger partial charge >= 0.3 is 11.9 Å². The third-order valence-corrected chi connectivity index (χ3v) is 6.48. The van der Waals surface area contributed by atoms with E-state index in [1.807, 2.05) is 19.2 Å². The number of carboxylic acids is 2. The smallest absolute Gasteiger partial charge is 0.326 e. The van der Waals surface area contributed by atoms with E-state index in [4.69, 9.17) is 15.9 Å². The number of halogens is 1. The van der Waals surface area contributed by atoms with Crippen LogP contribution in [0.2, 0.25) is 0 Å². The standard InChI is InChI=1S/C27H40N10O9.ClH/c1-12(2)5-15(7-28)36-25(43)21-20(31-11-32-21)24(42)35-14(4)17(38)9-29-8-13(3)34-23(41)19-22(33-10-30-19)26(44)37-16(27(45)46)6-18(39)40;/h10-16,29H,5-9,28H2,1-4H3,(H,30,33)(H,31,32)(H,34,41)(H,35,42)(H,36,43)(H,37,44)(H,39,40)(H,45,46);1H/t13-,14-,15-,16-;/m0./s1. The van der Waals surface area contributed by atoms with Crippen LogP contribution < -0.4 is 32.3 Å². The largest absolute Gasteiger partial charge is 0.481 e. The van der Waals surface area contributed by atoms with Gasteiger partial charge in [0.15, 0.2) is 17.2 Å². The van der Waals surface area contributed by atoms with Gasteiger partial charge in [-0.25, -0.2) is 14.8 Å². The first-order chi connectivity index (χ1) is 21.6. The number of hydrogen-bond acceptors (Lipinski definition) is 11. The second-order valence-corrected chi connectivity index (χ2v) is 10.9. The Morgan fingerprint density at radius 3 is 1.83 bits per heavy atom. The van der Waals surface area contributed by atoms with E-state index in [2.05, 4.69) is 41.2 Å². The molecule has 0 aliphatic heterocycles. The first kappa shape index (κ1) is 40.1. The summed E-state index contributed by atoms with van der Waals surface area (Å²) in [6.07, 6.45) is 1.99. The van der Waals surface area contributed by atoms with Gasteiger partial charge in [-0.05, 0) is 26.2 Å². The third kappa shape index (κ3) is 12.4. The molecule has 0 aliphatic carbocycles. The molecule has 4 amide bonds. The molecule has 2 aromatic heterocycles. The lowest BCUT2D eigenvalue weighted by atomic mass is 10.0. The molecule has 260 valence electrons. The van der Waals surface area contributed by atoms with Crippen molar-refractivity contribution in [3.05, 3.63) is 35.4 Å². The molecule has 2 heterocycles. The maximum absolute atomic E-state index is 12.8. The zero-order valence-electron chi connectivity index (χ0n) is 26.2. The number of aliphatic carboxylic acids is 2. The van der Waals surface area contributed by atoms with Crippen LogP contribution in [-0.4, -0.2) is 115 Å². The Morgan fingerprint density at radius 1 is 0.809 bits per heavy atom. The average molecular weight is 685 g/mol. The van der Waals surface area contributed by atoms with Crippen molar-refractivity contribution < 1.29 is 43.8 Å². The summed E-state index contributed by atoms with van der Waals surface area (Å²) < 4.78 is 0. The van der Waals surface area contributed by atoms with E-state index in [-0.39, 0.29) is 66.8 Å². The number of nitrogens with two attached hydrogens (primary N) is 1. The lowest BCUT2D eigenvalue weighted by Gasteiger charge is -2.19. The molecule has 0 aromatic carbocycles. The summed E-state index contributed by atoms with van der Waals surface area (Å²) >= 11 is 0. The fourth-order valence-electron chi connectivity index (χ4n) is 4.18. The van der Waals surface area contributed by atoms with Gasteiger partial charge in [-0.2, -0.15) is 0 Å². The molecule has 47 heavy (non-hydrogen) atoms. The summed E-state index contributed by atoms with van der Waals surface area (Å²) in [5, 5.41) is 30.7. The minimum atomic E-state index is -1.73. The predicted octanol–water partition coefficient (Wildman–Crippen LogP) is -1.59. The van der Waals surface area contributed by atoms with Crippen LogP contribution in [0.25, 0.3) is 0 Å². The van der Waals surface area contributed by atoms with E-state index >= 15 is 0 Å². The second kappa shape index (κ2) is 18.9. The number of carboxylic acid groups (broad SMARTS) is 2. The highest BCUT2D eigenvalue weighted by molar-refractivity contribution is 6.07. The summed E-state index contributed by atoms with van der Waals surface area (Å²) in [6.45, 7) is 7.15. The number of aromatic amines is 2. The number of imidazole rings is 2. The number of rotatable bonds is 19. The molecule has 2 rings (SSSR count). The van der Waals surface area contributed by atoms with Gasteiger partial charge in [-0.15, -0.1) is 12.4 Å². The van der Waals surface area contributed by atoms with Crippen molar-refractivity contribution in [1.82, 2.24) is 46.5 Å². The summed E-state index contributed by atoms with van der Waals surface area (Å²) in [5.74, 6) is -6.27. The number of Topliss-reactive ketones (excluding diaryl/α,β-unsaturated/α-hetero) is 1. The molecule has 0 radical (unpaired) electrons. The van der Waals surface area contributed by atoms with Gasteiger partial charge in [0, 0.05) is 25.2 Å². The van der Waals surface area contributed by atoms with E-state index in [9.17, 15) is 33.6 Å². The Kier molecular flexibility index (Phi) is 16.2. The van der Waals surface area contributed by atoms with Gasteiger partial charge in [0.2, 0.25) is 0 Å². The van der Waals surface area contributed by atoms with E-state index in [1.165, 1.54) is 13.3 Å². The van der Waals surface area contributed by atoms with Gasteiger partial charge in [0.05, 0.1) is 31.7 Å². The number of nitrogens with one attached hydrogen (secondary N) is 7. The minimum Gasteiger partial charge on any atom is -0.481 e. The Hall–Kier alpha value is -4.88. The normalized spacial score (nSPS) is 13.3. The Bertz CT molecular complexity index is 1430. The lowest BCUT2D eigenvalue weighted by Crippen LogP contribution is -2.46. The molecular weight excluding hydrogens is 644 g/mol. The van der Waals surface area contributed by atoms with Crippen LogP contribution in [0.15, 0.2) is 12.7 Å².